The van der Waals surface area contributed by atoms with Crippen LogP contribution in [0.3, 0.4) is 0 Å². The predicted molar refractivity (Wildman–Crippen MR) is 77.7 cm³/mol. The zero-order valence-electron chi connectivity index (χ0n) is 11.6. The molecule has 0 spiro atoms. The molecule has 2 heterocycles. The highest BCUT2D eigenvalue weighted by Gasteiger charge is 2.10. The molecule has 0 bridgehead atoms. The van der Waals surface area contributed by atoms with E-state index in [-0.39, 0.29) is 0 Å². The monoisotopic (exact) mass is 272 g/mol. The Balaban J connectivity index is 1.43. The third-order valence-corrected chi connectivity index (χ3v) is 3.66. The molecule has 0 radical (unpaired) electrons. The average Bonchev–Trinajstić information content (AvgIpc) is 3.17. The minimum absolute atomic E-state index is 0.776. The Morgan fingerprint density at radius 1 is 1.15 bits per heavy atom. The van der Waals surface area contributed by atoms with Gasteiger partial charge in [0.25, 0.3) is 0 Å². The highest BCUT2D eigenvalue weighted by molar-refractivity contribution is 5.57. The SMILES string of the molecule is c1ncc(-c2ccc(OCCCN3CCCC3)cc2)o1. The molecule has 1 aliphatic rings. The van der Waals surface area contributed by atoms with Crippen molar-refractivity contribution in [3.05, 3.63) is 36.9 Å². The molecule has 0 atom stereocenters. The summed E-state index contributed by atoms with van der Waals surface area (Å²) in [6.45, 7) is 4.44. The highest BCUT2D eigenvalue weighted by atomic mass is 16.5. The summed E-state index contributed by atoms with van der Waals surface area (Å²) < 4.78 is 11.0. The van der Waals surface area contributed by atoms with E-state index in [0.29, 0.717) is 0 Å². The van der Waals surface area contributed by atoms with Gasteiger partial charge >= 0.3 is 0 Å². The van der Waals surface area contributed by atoms with Gasteiger partial charge in [-0.2, -0.15) is 0 Å². The summed E-state index contributed by atoms with van der Waals surface area (Å²) >= 11 is 0. The number of hydrogen-bond acceptors (Lipinski definition) is 4. The van der Waals surface area contributed by atoms with Crippen molar-refractivity contribution in [3.8, 4) is 17.1 Å². The van der Waals surface area contributed by atoms with Crippen LogP contribution in [-0.4, -0.2) is 36.1 Å². The Bertz CT molecular complexity index is 502. The van der Waals surface area contributed by atoms with Crippen molar-refractivity contribution in [2.75, 3.05) is 26.2 Å². The second kappa shape index (κ2) is 6.57. The molecule has 106 valence electrons. The van der Waals surface area contributed by atoms with Crippen molar-refractivity contribution in [2.24, 2.45) is 0 Å². The van der Waals surface area contributed by atoms with E-state index in [1.807, 2.05) is 24.3 Å². The second-order valence-electron chi connectivity index (χ2n) is 5.14. The van der Waals surface area contributed by atoms with Gasteiger partial charge in [-0.25, -0.2) is 4.98 Å². The van der Waals surface area contributed by atoms with Crippen LogP contribution < -0.4 is 4.74 Å². The van der Waals surface area contributed by atoms with Crippen LogP contribution in [0.5, 0.6) is 5.75 Å². The Morgan fingerprint density at radius 3 is 2.65 bits per heavy atom. The first-order chi connectivity index (χ1) is 9.92. The van der Waals surface area contributed by atoms with Gasteiger partial charge in [-0.1, -0.05) is 0 Å². The summed E-state index contributed by atoms with van der Waals surface area (Å²) in [4.78, 5) is 6.43. The van der Waals surface area contributed by atoms with E-state index < -0.39 is 0 Å². The number of hydrogen-bond donors (Lipinski definition) is 0. The molecule has 3 rings (SSSR count). The van der Waals surface area contributed by atoms with Crippen LogP contribution >= 0.6 is 0 Å². The quantitative estimate of drug-likeness (QED) is 0.757. The fourth-order valence-electron chi connectivity index (χ4n) is 2.56. The van der Waals surface area contributed by atoms with Crippen molar-refractivity contribution in [2.45, 2.75) is 19.3 Å². The van der Waals surface area contributed by atoms with Crippen molar-refractivity contribution in [1.29, 1.82) is 0 Å². The van der Waals surface area contributed by atoms with Crippen molar-refractivity contribution in [3.63, 3.8) is 0 Å². The molecule has 20 heavy (non-hydrogen) atoms. The van der Waals surface area contributed by atoms with Crippen LogP contribution in [0.4, 0.5) is 0 Å². The van der Waals surface area contributed by atoms with E-state index in [1.54, 1.807) is 6.20 Å². The minimum Gasteiger partial charge on any atom is -0.494 e. The van der Waals surface area contributed by atoms with Gasteiger partial charge in [0.15, 0.2) is 12.2 Å². The summed E-state index contributed by atoms with van der Waals surface area (Å²) in [6.07, 6.45) is 6.95. The second-order valence-corrected chi connectivity index (χ2v) is 5.14. The molecule has 0 N–H and O–H groups in total. The van der Waals surface area contributed by atoms with Gasteiger partial charge in [0.2, 0.25) is 0 Å². The van der Waals surface area contributed by atoms with Crippen LogP contribution in [0.25, 0.3) is 11.3 Å². The summed E-state index contributed by atoms with van der Waals surface area (Å²) in [7, 11) is 0. The number of likely N-dealkylation sites (tertiary alicyclic amines) is 1. The predicted octanol–water partition coefficient (Wildman–Crippen LogP) is 3.21. The molecule has 4 heteroatoms. The lowest BCUT2D eigenvalue weighted by molar-refractivity contribution is 0.263. The molecule has 4 nitrogen and oxygen atoms in total. The van der Waals surface area contributed by atoms with Crippen molar-refractivity contribution in [1.82, 2.24) is 9.88 Å². The van der Waals surface area contributed by atoms with Crippen molar-refractivity contribution < 1.29 is 9.15 Å². The van der Waals surface area contributed by atoms with Crippen LogP contribution in [0.15, 0.2) is 41.3 Å². The van der Waals surface area contributed by atoms with E-state index in [1.165, 1.54) is 32.3 Å². The number of nitrogens with zero attached hydrogens (tertiary/aromatic N) is 2. The zero-order chi connectivity index (χ0) is 13.6. The molecule has 0 unspecified atom stereocenters. The number of benzene rings is 1. The zero-order valence-corrected chi connectivity index (χ0v) is 11.6. The largest absolute Gasteiger partial charge is 0.494 e. The van der Waals surface area contributed by atoms with Gasteiger partial charge < -0.3 is 14.1 Å². The Morgan fingerprint density at radius 2 is 1.95 bits per heavy atom. The molecule has 1 aromatic carbocycles. The lowest BCUT2D eigenvalue weighted by Gasteiger charge is -2.14. The molecule has 1 fully saturated rings. The third-order valence-electron chi connectivity index (χ3n) is 3.66. The summed E-state index contributed by atoms with van der Waals surface area (Å²) in [5, 5.41) is 0. The van der Waals surface area contributed by atoms with E-state index in [2.05, 4.69) is 9.88 Å². The fraction of sp³-hybridized carbons (Fsp3) is 0.438. The highest BCUT2D eigenvalue weighted by Crippen LogP contribution is 2.21. The first-order valence-electron chi connectivity index (χ1n) is 7.26. The topological polar surface area (TPSA) is 38.5 Å². The maximum atomic E-state index is 5.77. The van der Waals surface area contributed by atoms with E-state index in [4.69, 9.17) is 9.15 Å². The summed E-state index contributed by atoms with van der Waals surface area (Å²) in [5.41, 5.74) is 1.02. The smallest absolute Gasteiger partial charge is 0.181 e. The number of aromatic nitrogens is 1. The lowest BCUT2D eigenvalue weighted by Crippen LogP contribution is -2.21. The molecule has 2 aromatic rings. The summed E-state index contributed by atoms with van der Waals surface area (Å²) in [5.74, 6) is 1.69. The molecule has 0 aliphatic carbocycles. The van der Waals surface area contributed by atoms with Gasteiger partial charge in [-0.15, -0.1) is 0 Å². The molecular formula is C16H20N2O2. The molecule has 0 amide bonds. The van der Waals surface area contributed by atoms with Gasteiger partial charge in [-0.3, -0.25) is 0 Å². The molecular weight excluding hydrogens is 252 g/mol. The number of ether oxygens (including phenoxy) is 1. The molecule has 1 aromatic heterocycles. The van der Waals surface area contributed by atoms with Crippen LogP contribution in [0.2, 0.25) is 0 Å². The number of rotatable bonds is 6. The average molecular weight is 272 g/mol. The van der Waals surface area contributed by atoms with Crippen LogP contribution in [0.1, 0.15) is 19.3 Å². The maximum absolute atomic E-state index is 5.77. The van der Waals surface area contributed by atoms with Crippen LogP contribution in [0, 0.1) is 0 Å². The van der Waals surface area contributed by atoms with Crippen LogP contribution in [-0.2, 0) is 0 Å². The maximum Gasteiger partial charge on any atom is 0.181 e. The summed E-state index contributed by atoms with van der Waals surface area (Å²) in [6, 6.07) is 7.95. The number of oxazole rings is 1. The molecule has 1 saturated heterocycles. The Labute approximate surface area is 119 Å². The Kier molecular flexibility index (Phi) is 4.33. The van der Waals surface area contributed by atoms with Gasteiger partial charge in [-0.05, 0) is 56.6 Å². The lowest BCUT2D eigenvalue weighted by atomic mass is 10.2. The fourth-order valence-corrected chi connectivity index (χ4v) is 2.56. The van der Waals surface area contributed by atoms with Gasteiger partial charge in [0.05, 0.1) is 12.8 Å². The van der Waals surface area contributed by atoms with E-state index in [0.717, 1.165) is 36.6 Å². The Hall–Kier alpha value is -1.81. The normalized spacial score (nSPS) is 15.6. The first-order valence-corrected chi connectivity index (χ1v) is 7.26. The van der Waals surface area contributed by atoms with Gasteiger partial charge in [0, 0.05) is 12.1 Å². The molecule has 0 saturated carbocycles. The molecule has 1 aliphatic heterocycles. The van der Waals surface area contributed by atoms with Gasteiger partial charge in [0.1, 0.15) is 5.75 Å². The third kappa shape index (κ3) is 3.39. The minimum atomic E-state index is 0.776. The standard InChI is InChI=1S/C16H20N2O2/c1-2-9-18(8-1)10-3-11-19-15-6-4-14(5-7-15)16-12-17-13-20-16/h4-7,12-13H,1-3,8-11H2. The van der Waals surface area contributed by atoms with E-state index in [9.17, 15) is 0 Å². The van der Waals surface area contributed by atoms with Crippen molar-refractivity contribution >= 4 is 0 Å². The van der Waals surface area contributed by atoms with E-state index >= 15 is 0 Å². The first kappa shape index (κ1) is 13.2.